The highest BCUT2D eigenvalue weighted by molar-refractivity contribution is 5.94. The first kappa shape index (κ1) is 15.0. The molecule has 0 saturated heterocycles. The molecule has 0 bridgehead atoms. The Hall–Kier alpha value is -2.88. The largest absolute Gasteiger partial charge is 0.346 e. The number of imidazole rings is 1. The minimum absolute atomic E-state index is 0.0311. The maximum Gasteiger partial charge on any atom is 0.251 e. The second-order valence-electron chi connectivity index (χ2n) is 5.62. The highest BCUT2D eigenvalue weighted by Crippen LogP contribution is 2.15. The van der Waals surface area contributed by atoms with E-state index in [1.54, 1.807) is 12.5 Å². The lowest BCUT2D eigenvalue weighted by molar-refractivity contribution is 0.0940. The molecule has 0 fully saturated rings. The molecule has 3 aromatic rings. The van der Waals surface area contributed by atoms with Crippen molar-refractivity contribution < 1.29 is 4.79 Å². The van der Waals surface area contributed by atoms with Gasteiger partial charge in [-0.2, -0.15) is 0 Å². The Bertz CT molecular complexity index is 774. The molecule has 0 aliphatic carbocycles. The molecule has 1 aromatic heterocycles. The summed E-state index contributed by atoms with van der Waals surface area (Å²) >= 11 is 0. The minimum atomic E-state index is -0.0738. The fraction of sp³-hybridized carbons (Fsp3) is 0.158. The number of amides is 1. The number of aryl methyl sites for hydroxylation is 1. The van der Waals surface area contributed by atoms with Crippen molar-refractivity contribution in [1.82, 2.24) is 14.9 Å². The van der Waals surface area contributed by atoms with Gasteiger partial charge in [0, 0.05) is 23.6 Å². The van der Waals surface area contributed by atoms with Gasteiger partial charge >= 0.3 is 0 Å². The van der Waals surface area contributed by atoms with Gasteiger partial charge in [0.15, 0.2) is 0 Å². The molecule has 0 spiro atoms. The number of benzene rings is 2. The fourth-order valence-electron chi connectivity index (χ4n) is 2.42. The number of nitrogens with one attached hydrogen (secondary N) is 1. The van der Waals surface area contributed by atoms with Crippen LogP contribution in [0.5, 0.6) is 0 Å². The van der Waals surface area contributed by atoms with Gasteiger partial charge in [-0.05, 0) is 43.7 Å². The van der Waals surface area contributed by atoms with Crippen LogP contribution in [0.25, 0.3) is 5.69 Å². The quantitative estimate of drug-likeness (QED) is 0.799. The van der Waals surface area contributed by atoms with Gasteiger partial charge in [0.05, 0.1) is 12.4 Å². The molecule has 1 amide bonds. The molecular weight excluding hydrogens is 286 g/mol. The molecule has 0 aliphatic heterocycles. The Labute approximate surface area is 135 Å². The number of aromatic nitrogens is 2. The third kappa shape index (κ3) is 3.48. The van der Waals surface area contributed by atoms with Crippen molar-refractivity contribution in [2.24, 2.45) is 0 Å². The zero-order valence-electron chi connectivity index (χ0n) is 13.2. The topological polar surface area (TPSA) is 46.9 Å². The zero-order valence-corrected chi connectivity index (χ0v) is 13.2. The van der Waals surface area contributed by atoms with Crippen molar-refractivity contribution in [1.29, 1.82) is 0 Å². The Morgan fingerprint density at radius 2 is 1.78 bits per heavy atom. The van der Waals surface area contributed by atoms with Crippen molar-refractivity contribution in [3.05, 3.63) is 83.9 Å². The lowest BCUT2D eigenvalue weighted by atomic mass is 10.1. The highest BCUT2D eigenvalue weighted by Gasteiger charge is 2.11. The monoisotopic (exact) mass is 305 g/mol. The summed E-state index contributed by atoms with van der Waals surface area (Å²) in [5, 5.41) is 3.03. The summed E-state index contributed by atoms with van der Waals surface area (Å²) in [5.41, 5.74) is 3.93. The first-order chi connectivity index (χ1) is 11.1. The smallest absolute Gasteiger partial charge is 0.251 e. The second-order valence-corrected chi connectivity index (χ2v) is 5.62. The van der Waals surface area contributed by atoms with Crippen LogP contribution < -0.4 is 5.32 Å². The molecule has 4 heteroatoms. The normalized spacial score (nSPS) is 11.9. The highest BCUT2D eigenvalue weighted by atomic mass is 16.1. The molecular formula is C19H19N3O. The molecule has 1 unspecified atom stereocenters. The van der Waals surface area contributed by atoms with Crippen LogP contribution in [-0.2, 0) is 0 Å². The Morgan fingerprint density at radius 3 is 2.39 bits per heavy atom. The van der Waals surface area contributed by atoms with Crippen LogP contribution in [0.1, 0.15) is 34.5 Å². The summed E-state index contributed by atoms with van der Waals surface area (Å²) < 4.78 is 1.90. The summed E-state index contributed by atoms with van der Waals surface area (Å²) in [4.78, 5) is 16.4. The van der Waals surface area contributed by atoms with E-state index >= 15 is 0 Å². The molecule has 116 valence electrons. The predicted molar refractivity (Wildman–Crippen MR) is 90.6 cm³/mol. The van der Waals surface area contributed by atoms with Crippen LogP contribution in [-0.4, -0.2) is 15.5 Å². The summed E-state index contributed by atoms with van der Waals surface area (Å²) in [6, 6.07) is 15.6. The van der Waals surface area contributed by atoms with Crippen LogP contribution in [0.15, 0.2) is 67.3 Å². The zero-order chi connectivity index (χ0) is 16.2. The standard InChI is InChI=1S/C19H19N3O/c1-14-3-5-16(6-4-14)15(2)21-19(23)17-7-9-18(10-8-17)22-12-11-20-13-22/h3-13,15H,1-2H3,(H,21,23). The average molecular weight is 305 g/mol. The van der Waals surface area contributed by atoms with Crippen molar-refractivity contribution in [3.63, 3.8) is 0 Å². The van der Waals surface area contributed by atoms with Gasteiger partial charge in [-0.1, -0.05) is 29.8 Å². The number of carbonyl (C=O) groups is 1. The van der Waals surface area contributed by atoms with Crippen LogP contribution in [0.2, 0.25) is 0 Å². The van der Waals surface area contributed by atoms with Crippen LogP contribution in [0, 0.1) is 6.92 Å². The van der Waals surface area contributed by atoms with E-state index in [9.17, 15) is 4.79 Å². The van der Waals surface area contributed by atoms with E-state index in [1.807, 2.05) is 54.1 Å². The van der Waals surface area contributed by atoms with E-state index in [2.05, 4.69) is 29.4 Å². The van der Waals surface area contributed by atoms with Crippen LogP contribution in [0.3, 0.4) is 0 Å². The lowest BCUT2D eigenvalue weighted by Crippen LogP contribution is -2.26. The van der Waals surface area contributed by atoms with Gasteiger partial charge < -0.3 is 9.88 Å². The molecule has 1 heterocycles. The number of hydrogen-bond acceptors (Lipinski definition) is 2. The van der Waals surface area contributed by atoms with Crippen LogP contribution in [0.4, 0.5) is 0 Å². The molecule has 0 aliphatic rings. The van der Waals surface area contributed by atoms with Crippen molar-refractivity contribution >= 4 is 5.91 Å². The number of nitrogens with zero attached hydrogens (tertiary/aromatic N) is 2. The summed E-state index contributed by atoms with van der Waals surface area (Å²) in [5.74, 6) is -0.0738. The molecule has 1 atom stereocenters. The van der Waals surface area contributed by atoms with E-state index < -0.39 is 0 Å². The van der Waals surface area contributed by atoms with Gasteiger partial charge in [-0.3, -0.25) is 4.79 Å². The third-order valence-corrected chi connectivity index (χ3v) is 3.86. The van der Waals surface area contributed by atoms with E-state index in [0.717, 1.165) is 11.3 Å². The molecule has 1 N–H and O–H groups in total. The number of hydrogen-bond donors (Lipinski definition) is 1. The third-order valence-electron chi connectivity index (χ3n) is 3.86. The van der Waals surface area contributed by atoms with E-state index in [1.165, 1.54) is 5.56 Å². The summed E-state index contributed by atoms with van der Waals surface area (Å²) in [6.07, 6.45) is 5.33. The van der Waals surface area contributed by atoms with Crippen molar-refractivity contribution in [2.45, 2.75) is 19.9 Å². The maximum absolute atomic E-state index is 12.4. The number of carbonyl (C=O) groups excluding carboxylic acids is 1. The minimum Gasteiger partial charge on any atom is -0.346 e. The summed E-state index contributed by atoms with van der Waals surface area (Å²) in [7, 11) is 0. The fourth-order valence-corrected chi connectivity index (χ4v) is 2.42. The van der Waals surface area contributed by atoms with Crippen molar-refractivity contribution in [3.8, 4) is 5.69 Å². The Balaban J connectivity index is 1.69. The molecule has 2 aromatic carbocycles. The van der Waals surface area contributed by atoms with Gasteiger partial charge in [0.25, 0.3) is 5.91 Å². The molecule has 0 radical (unpaired) electrons. The molecule has 3 rings (SSSR count). The van der Waals surface area contributed by atoms with Gasteiger partial charge in [0.2, 0.25) is 0 Å². The van der Waals surface area contributed by atoms with Gasteiger partial charge in [-0.25, -0.2) is 4.98 Å². The molecule has 23 heavy (non-hydrogen) atoms. The SMILES string of the molecule is Cc1ccc(C(C)NC(=O)c2ccc(-n3ccnc3)cc2)cc1. The molecule has 4 nitrogen and oxygen atoms in total. The lowest BCUT2D eigenvalue weighted by Gasteiger charge is -2.15. The number of rotatable bonds is 4. The van der Waals surface area contributed by atoms with Gasteiger partial charge in [-0.15, -0.1) is 0 Å². The average Bonchev–Trinajstić information content (AvgIpc) is 3.10. The Kier molecular flexibility index (Phi) is 4.24. The first-order valence-corrected chi connectivity index (χ1v) is 7.59. The maximum atomic E-state index is 12.4. The summed E-state index contributed by atoms with van der Waals surface area (Å²) in [6.45, 7) is 4.04. The van der Waals surface area contributed by atoms with Crippen molar-refractivity contribution in [2.75, 3.05) is 0 Å². The predicted octanol–water partition coefficient (Wildman–Crippen LogP) is 3.67. The van der Waals surface area contributed by atoms with Gasteiger partial charge in [0.1, 0.15) is 0 Å². The van der Waals surface area contributed by atoms with E-state index in [-0.39, 0.29) is 11.9 Å². The van der Waals surface area contributed by atoms with E-state index in [4.69, 9.17) is 0 Å². The Morgan fingerprint density at radius 1 is 1.09 bits per heavy atom. The van der Waals surface area contributed by atoms with Crippen LogP contribution >= 0.6 is 0 Å². The van der Waals surface area contributed by atoms with E-state index in [0.29, 0.717) is 5.56 Å². The first-order valence-electron chi connectivity index (χ1n) is 7.59. The molecule has 0 saturated carbocycles. The second kappa shape index (κ2) is 6.48.